The van der Waals surface area contributed by atoms with Gasteiger partial charge in [0.05, 0.1) is 17.2 Å². The molecule has 0 spiro atoms. The number of carbonyl (C=O) groups is 1. The van der Waals surface area contributed by atoms with Crippen LogP contribution in [-0.4, -0.2) is 37.3 Å². The monoisotopic (exact) mass is 410 g/mol. The van der Waals surface area contributed by atoms with Crippen LogP contribution in [-0.2, 0) is 4.74 Å². The van der Waals surface area contributed by atoms with Gasteiger partial charge in [-0.05, 0) is 25.1 Å². The van der Waals surface area contributed by atoms with E-state index in [-0.39, 0.29) is 12.5 Å². The third-order valence-corrected chi connectivity index (χ3v) is 5.20. The average Bonchev–Trinajstić information content (AvgIpc) is 3.13. The van der Waals surface area contributed by atoms with Crippen LogP contribution in [0.1, 0.15) is 36.7 Å². The van der Waals surface area contributed by atoms with E-state index in [0.717, 1.165) is 11.8 Å². The van der Waals surface area contributed by atoms with Crippen LogP contribution >= 0.6 is 11.8 Å². The molecule has 29 heavy (non-hydrogen) atoms. The van der Waals surface area contributed by atoms with E-state index >= 15 is 0 Å². The summed E-state index contributed by atoms with van der Waals surface area (Å²) in [6, 6.07) is 8.96. The normalized spacial score (nSPS) is 10.9. The summed E-state index contributed by atoms with van der Waals surface area (Å²) < 4.78 is 6.68. The first-order valence-electron chi connectivity index (χ1n) is 9.12. The largest absolute Gasteiger partial charge is 0.462 e. The number of carbonyl (C=O) groups excluding carboxylic acids is 1. The van der Waals surface area contributed by atoms with Gasteiger partial charge in [0.15, 0.2) is 5.82 Å². The molecule has 0 amide bonds. The van der Waals surface area contributed by atoms with Crippen molar-refractivity contribution in [1.29, 1.82) is 10.8 Å². The van der Waals surface area contributed by atoms with Crippen molar-refractivity contribution >= 4 is 44.8 Å². The average molecular weight is 411 g/mol. The lowest BCUT2D eigenvalue weighted by molar-refractivity contribution is 0.0528. The molecular formula is C20H22N6O2S. The highest BCUT2D eigenvalue weighted by Crippen LogP contribution is 2.25. The maximum absolute atomic E-state index is 12.3. The van der Waals surface area contributed by atoms with Gasteiger partial charge in [0.1, 0.15) is 16.9 Å². The van der Waals surface area contributed by atoms with Crippen molar-refractivity contribution < 1.29 is 9.53 Å². The Labute approximate surface area is 172 Å². The van der Waals surface area contributed by atoms with E-state index in [1.807, 2.05) is 38.1 Å². The number of thioether (sulfide) groups is 1. The molecule has 0 atom stereocenters. The predicted octanol–water partition coefficient (Wildman–Crippen LogP) is 4.34. The number of fused-ring (bicyclic) bond motifs is 1. The fraction of sp³-hybridized carbons (Fsp3) is 0.250. The van der Waals surface area contributed by atoms with Crippen LogP contribution < -0.4 is 5.32 Å². The fourth-order valence-electron chi connectivity index (χ4n) is 2.58. The van der Waals surface area contributed by atoms with Crippen molar-refractivity contribution in [3.8, 4) is 0 Å². The lowest BCUT2D eigenvalue weighted by Crippen LogP contribution is -2.08. The fourth-order valence-corrected chi connectivity index (χ4v) is 3.28. The van der Waals surface area contributed by atoms with Gasteiger partial charge in [0, 0.05) is 23.4 Å². The van der Waals surface area contributed by atoms with Crippen molar-refractivity contribution in [3.63, 3.8) is 0 Å². The molecule has 0 saturated carbocycles. The van der Waals surface area contributed by atoms with Gasteiger partial charge in [0.25, 0.3) is 0 Å². The number of anilines is 2. The highest BCUT2D eigenvalue weighted by Gasteiger charge is 2.18. The third-order valence-electron chi connectivity index (χ3n) is 4.07. The summed E-state index contributed by atoms with van der Waals surface area (Å²) in [6.45, 7) is 5.89. The van der Waals surface area contributed by atoms with E-state index in [2.05, 4.69) is 15.4 Å². The summed E-state index contributed by atoms with van der Waals surface area (Å²) in [5.74, 6) is 0.0953. The van der Waals surface area contributed by atoms with E-state index in [0.29, 0.717) is 38.2 Å². The molecule has 9 heteroatoms. The van der Waals surface area contributed by atoms with Gasteiger partial charge in [0.2, 0.25) is 0 Å². The summed E-state index contributed by atoms with van der Waals surface area (Å²) in [4.78, 5) is 16.5. The first-order chi connectivity index (χ1) is 13.9. The molecule has 0 saturated heterocycles. The Morgan fingerprint density at radius 2 is 2.10 bits per heavy atom. The lowest BCUT2D eigenvalue weighted by atomic mass is 10.2. The van der Waals surface area contributed by atoms with Crippen molar-refractivity contribution in [2.75, 3.05) is 11.9 Å². The second-order valence-corrected chi connectivity index (χ2v) is 7.56. The highest BCUT2D eigenvalue weighted by atomic mass is 32.2. The number of nitrogens with one attached hydrogen (secondary N) is 3. The zero-order chi connectivity index (χ0) is 21.0. The molecule has 150 valence electrons. The number of rotatable bonds is 6. The summed E-state index contributed by atoms with van der Waals surface area (Å²) in [6.07, 6.45) is 3.07. The van der Waals surface area contributed by atoms with Gasteiger partial charge in [-0.25, -0.2) is 14.3 Å². The molecule has 1 aromatic carbocycles. The summed E-state index contributed by atoms with van der Waals surface area (Å²) in [7, 11) is 0. The van der Waals surface area contributed by atoms with Crippen LogP contribution in [0.3, 0.4) is 0 Å². The molecule has 3 rings (SSSR count). The van der Waals surface area contributed by atoms with Crippen LogP contribution in [0.2, 0.25) is 0 Å². The van der Waals surface area contributed by atoms with E-state index < -0.39 is 5.97 Å². The Bertz CT molecular complexity index is 1080. The maximum Gasteiger partial charge on any atom is 0.340 e. The quantitative estimate of drug-likeness (QED) is 0.316. The van der Waals surface area contributed by atoms with Gasteiger partial charge in [-0.3, -0.25) is 10.8 Å². The van der Waals surface area contributed by atoms with E-state index in [1.54, 1.807) is 23.7 Å². The van der Waals surface area contributed by atoms with Crippen LogP contribution in [0.15, 0.2) is 42.9 Å². The number of hydrogen-bond acceptors (Lipinski definition) is 8. The smallest absolute Gasteiger partial charge is 0.340 e. The van der Waals surface area contributed by atoms with Crippen molar-refractivity contribution in [1.82, 2.24) is 14.6 Å². The molecule has 8 nitrogen and oxygen atoms in total. The van der Waals surface area contributed by atoms with Crippen LogP contribution in [0, 0.1) is 16.7 Å². The molecule has 0 aliphatic carbocycles. The van der Waals surface area contributed by atoms with Crippen molar-refractivity contribution in [3.05, 3.63) is 54.0 Å². The second-order valence-electron chi connectivity index (χ2n) is 6.51. The number of nitrogens with zero attached hydrogens (tertiary/aromatic N) is 3. The van der Waals surface area contributed by atoms with E-state index in [1.165, 1.54) is 6.33 Å². The zero-order valence-electron chi connectivity index (χ0n) is 16.4. The first-order valence-corrected chi connectivity index (χ1v) is 9.94. The standard InChI is InChI=1S/C20H22N6O2S/c1-4-28-20(27)15-8-9-26-16(15)19(23-11-24-26)25-14-7-5-6-13(10-14)18(22)29-17(21)12(2)3/h5-12,21-22H,4H2,1-3H3,(H,23,24,25). The van der Waals surface area contributed by atoms with Crippen LogP contribution in [0.4, 0.5) is 11.5 Å². The topological polar surface area (TPSA) is 116 Å². The molecule has 0 aliphatic heterocycles. The number of esters is 1. The Morgan fingerprint density at radius 1 is 1.31 bits per heavy atom. The van der Waals surface area contributed by atoms with Crippen molar-refractivity contribution in [2.24, 2.45) is 5.92 Å². The molecule has 0 fully saturated rings. The molecule has 2 aromatic heterocycles. The van der Waals surface area contributed by atoms with Crippen LogP contribution in [0.5, 0.6) is 0 Å². The zero-order valence-corrected chi connectivity index (χ0v) is 17.2. The SMILES string of the molecule is CCOC(=O)c1ccn2ncnc(Nc3cccc(C(=N)SC(=N)C(C)C)c3)c12. The molecule has 3 N–H and O–H groups in total. The minimum atomic E-state index is -0.438. The Hall–Kier alpha value is -3.20. The number of benzene rings is 1. The van der Waals surface area contributed by atoms with Gasteiger partial charge in [-0.1, -0.05) is 37.7 Å². The third kappa shape index (κ3) is 4.62. The number of hydrogen-bond donors (Lipinski definition) is 3. The number of aromatic nitrogens is 3. The van der Waals surface area contributed by atoms with Gasteiger partial charge < -0.3 is 10.1 Å². The molecule has 0 radical (unpaired) electrons. The Morgan fingerprint density at radius 3 is 2.83 bits per heavy atom. The molecule has 2 heterocycles. The van der Waals surface area contributed by atoms with Gasteiger partial charge in [-0.15, -0.1) is 0 Å². The number of ether oxygens (including phenoxy) is 1. The first kappa shape index (κ1) is 20.5. The second kappa shape index (κ2) is 8.87. The summed E-state index contributed by atoms with van der Waals surface area (Å²) >= 11 is 1.14. The van der Waals surface area contributed by atoms with Crippen LogP contribution in [0.25, 0.3) is 5.52 Å². The van der Waals surface area contributed by atoms with Crippen molar-refractivity contribution in [2.45, 2.75) is 20.8 Å². The summed E-state index contributed by atoms with van der Waals surface area (Å²) in [5.41, 5.74) is 2.29. The van der Waals surface area contributed by atoms with Gasteiger partial charge >= 0.3 is 5.97 Å². The van der Waals surface area contributed by atoms with E-state index in [4.69, 9.17) is 15.6 Å². The molecule has 0 bridgehead atoms. The summed E-state index contributed by atoms with van der Waals surface area (Å²) in [5, 5.41) is 24.3. The van der Waals surface area contributed by atoms with Gasteiger partial charge in [-0.2, -0.15) is 5.10 Å². The molecular weight excluding hydrogens is 388 g/mol. The Kier molecular flexibility index (Phi) is 6.28. The Balaban J connectivity index is 1.90. The minimum absolute atomic E-state index is 0.0756. The highest BCUT2D eigenvalue weighted by molar-refractivity contribution is 8.26. The molecule has 0 unspecified atom stereocenters. The maximum atomic E-state index is 12.3. The minimum Gasteiger partial charge on any atom is -0.462 e. The molecule has 3 aromatic rings. The predicted molar refractivity (Wildman–Crippen MR) is 116 cm³/mol. The molecule has 0 aliphatic rings. The lowest BCUT2D eigenvalue weighted by Gasteiger charge is -2.11. The van der Waals surface area contributed by atoms with E-state index in [9.17, 15) is 4.79 Å².